The van der Waals surface area contributed by atoms with Gasteiger partial charge in [0, 0.05) is 23.9 Å². The lowest BCUT2D eigenvalue weighted by atomic mass is 10.1. The van der Waals surface area contributed by atoms with Gasteiger partial charge >= 0.3 is 0 Å². The van der Waals surface area contributed by atoms with Gasteiger partial charge < -0.3 is 10.1 Å². The molecule has 0 radical (unpaired) electrons. The number of aryl methyl sites for hydroxylation is 3. The minimum Gasteiger partial charge on any atom is -0.488 e. The fraction of sp³-hybridized carbons (Fsp3) is 0.333. The summed E-state index contributed by atoms with van der Waals surface area (Å²) in [5.74, 6) is 0.837. The standard InChI is InChI=1S/C21H25N3O2S/c1-13-7-6-8-14(2)20(13)26-11-17-9-19(27-12-17)21(25)23-15(3)18-10-22-24(5)16(18)4/h6-10,12,15H,11H2,1-5H3,(H,23,25). The van der Waals surface area contributed by atoms with Crippen LogP contribution in [0.1, 0.15) is 50.6 Å². The summed E-state index contributed by atoms with van der Waals surface area (Å²) in [6, 6.07) is 7.90. The van der Waals surface area contributed by atoms with E-state index >= 15 is 0 Å². The topological polar surface area (TPSA) is 56.1 Å². The summed E-state index contributed by atoms with van der Waals surface area (Å²) < 4.78 is 7.79. The third kappa shape index (κ3) is 4.22. The highest BCUT2D eigenvalue weighted by Gasteiger charge is 2.17. The SMILES string of the molecule is Cc1cccc(C)c1OCc1csc(C(=O)NC(C)c2cnn(C)c2C)c1. The molecule has 0 fully saturated rings. The van der Waals surface area contributed by atoms with Gasteiger partial charge in [-0.05, 0) is 50.3 Å². The number of rotatable bonds is 6. The van der Waals surface area contributed by atoms with Crippen molar-refractivity contribution >= 4 is 17.2 Å². The number of nitrogens with zero attached hydrogens (tertiary/aromatic N) is 2. The normalized spacial score (nSPS) is 12.0. The zero-order valence-electron chi connectivity index (χ0n) is 16.4. The Bertz CT molecular complexity index is 938. The number of amides is 1. The number of carbonyl (C=O) groups excluding carboxylic acids is 1. The van der Waals surface area contributed by atoms with Crippen molar-refractivity contribution < 1.29 is 9.53 Å². The van der Waals surface area contributed by atoms with Crippen LogP contribution in [0.25, 0.3) is 0 Å². The molecule has 0 spiro atoms. The highest BCUT2D eigenvalue weighted by atomic mass is 32.1. The molecular weight excluding hydrogens is 358 g/mol. The highest BCUT2D eigenvalue weighted by Crippen LogP contribution is 2.25. The lowest BCUT2D eigenvalue weighted by Gasteiger charge is -2.13. The van der Waals surface area contributed by atoms with Crippen molar-refractivity contribution in [2.75, 3.05) is 0 Å². The van der Waals surface area contributed by atoms with E-state index in [1.54, 1.807) is 6.20 Å². The van der Waals surface area contributed by atoms with Gasteiger partial charge in [0.1, 0.15) is 12.4 Å². The lowest BCUT2D eigenvalue weighted by Crippen LogP contribution is -2.26. The smallest absolute Gasteiger partial charge is 0.261 e. The molecule has 142 valence electrons. The van der Waals surface area contributed by atoms with Gasteiger partial charge in [0.05, 0.1) is 17.1 Å². The van der Waals surface area contributed by atoms with Gasteiger partial charge in [-0.25, -0.2) is 0 Å². The van der Waals surface area contributed by atoms with Crippen LogP contribution < -0.4 is 10.1 Å². The molecule has 0 saturated carbocycles. The fourth-order valence-corrected chi connectivity index (χ4v) is 3.84. The lowest BCUT2D eigenvalue weighted by molar-refractivity contribution is 0.0944. The van der Waals surface area contributed by atoms with Crippen LogP contribution in [0.4, 0.5) is 0 Å². The Labute approximate surface area is 164 Å². The first kappa shape index (κ1) is 19.2. The van der Waals surface area contributed by atoms with Gasteiger partial charge in [-0.2, -0.15) is 5.10 Å². The maximum atomic E-state index is 12.6. The van der Waals surface area contributed by atoms with Crippen LogP contribution in [0.2, 0.25) is 0 Å². The predicted molar refractivity (Wildman–Crippen MR) is 108 cm³/mol. The van der Waals surface area contributed by atoms with Crippen molar-refractivity contribution in [1.82, 2.24) is 15.1 Å². The second kappa shape index (κ2) is 7.96. The third-order valence-corrected chi connectivity index (χ3v) is 5.73. The van der Waals surface area contributed by atoms with Gasteiger partial charge in [0.25, 0.3) is 5.91 Å². The molecule has 6 heteroatoms. The zero-order valence-corrected chi connectivity index (χ0v) is 17.2. The van der Waals surface area contributed by atoms with E-state index in [-0.39, 0.29) is 11.9 Å². The Morgan fingerprint density at radius 2 is 2.00 bits per heavy atom. The fourth-order valence-electron chi connectivity index (χ4n) is 3.04. The third-order valence-electron chi connectivity index (χ3n) is 4.76. The zero-order chi connectivity index (χ0) is 19.6. The van der Waals surface area contributed by atoms with E-state index in [1.165, 1.54) is 11.3 Å². The van der Waals surface area contributed by atoms with Crippen molar-refractivity contribution in [3.8, 4) is 5.75 Å². The summed E-state index contributed by atoms with van der Waals surface area (Å²) >= 11 is 1.43. The van der Waals surface area contributed by atoms with Crippen LogP contribution in [0.5, 0.6) is 5.75 Å². The van der Waals surface area contributed by atoms with Crippen LogP contribution in [0.3, 0.4) is 0 Å². The second-order valence-corrected chi connectivity index (χ2v) is 7.74. The average Bonchev–Trinajstić information content (AvgIpc) is 3.22. The number of aromatic nitrogens is 2. The van der Waals surface area contributed by atoms with E-state index in [0.717, 1.165) is 33.7 Å². The first-order valence-corrected chi connectivity index (χ1v) is 9.80. The molecule has 2 heterocycles. The van der Waals surface area contributed by atoms with Crippen molar-refractivity contribution in [2.24, 2.45) is 7.05 Å². The molecule has 2 aromatic heterocycles. The number of carbonyl (C=O) groups is 1. The first-order valence-electron chi connectivity index (χ1n) is 8.92. The highest BCUT2D eigenvalue weighted by molar-refractivity contribution is 7.12. The Kier molecular flexibility index (Phi) is 5.65. The molecule has 0 aliphatic rings. The molecule has 0 bridgehead atoms. The maximum Gasteiger partial charge on any atom is 0.261 e. The van der Waals surface area contributed by atoms with Crippen molar-refractivity contribution in [3.63, 3.8) is 0 Å². The summed E-state index contributed by atoms with van der Waals surface area (Å²) in [5, 5.41) is 9.26. The number of benzene rings is 1. The quantitative estimate of drug-likeness (QED) is 0.683. The number of hydrogen-bond acceptors (Lipinski definition) is 4. The molecule has 1 N–H and O–H groups in total. The van der Waals surface area contributed by atoms with Gasteiger partial charge in [0.2, 0.25) is 0 Å². The number of hydrogen-bond donors (Lipinski definition) is 1. The molecule has 27 heavy (non-hydrogen) atoms. The molecule has 0 aliphatic heterocycles. The Balaban J connectivity index is 1.63. The molecule has 1 aromatic carbocycles. The van der Waals surface area contributed by atoms with Crippen molar-refractivity contribution in [1.29, 1.82) is 0 Å². The number of nitrogens with one attached hydrogen (secondary N) is 1. The Morgan fingerprint density at radius 1 is 1.30 bits per heavy atom. The van der Waals surface area contributed by atoms with E-state index in [1.807, 2.05) is 69.1 Å². The first-order chi connectivity index (χ1) is 12.9. The molecule has 1 amide bonds. The van der Waals surface area contributed by atoms with E-state index in [9.17, 15) is 4.79 Å². The molecule has 3 rings (SSSR count). The molecule has 1 unspecified atom stereocenters. The average molecular weight is 384 g/mol. The van der Waals surface area contributed by atoms with E-state index in [2.05, 4.69) is 10.4 Å². The number of para-hydroxylation sites is 1. The molecule has 5 nitrogen and oxygen atoms in total. The van der Waals surface area contributed by atoms with Crippen LogP contribution in [0, 0.1) is 20.8 Å². The van der Waals surface area contributed by atoms with Gasteiger partial charge in [-0.15, -0.1) is 11.3 Å². The monoisotopic (exact) mass is 383 g/mol. The minimum absolute atomic E-state index is 0.0749. The molecule has 0 saturated heterocycles. The number of thiophene rings is 1. The van der Waals surface area contributed by atoms with E-state index in [0.29, 0.717) is 11.5 Å². The number of ether oxygens (including phenoxy) is 1. The molecular formula is C21H25N3O2S. The summed E-state index contributed by atoms with van der Waals surface area (Å²) in [6.07, 6.45) is 1.80. The molecule has 1 atom stereocenters. The van der Waals surface area contributed by atoms with Crippen molar-refractivity contribution in [3.05, 3.63) is 68.7 Å². The van der Waals surface area contributed by atoms with Crippen LogP contribution in [0.15, 0.2) is 35.8 Å². The molecule has 3 aromatic rings. The van der Waals surface area contributed by atoms with E-state index in [4.69, 9.17) is 4.74 Å². The van der Waals surface area contributed by atoms with Crippen LogP contribution in [-0.2, 0) is 13.7 Å². The largest absolute Gasteiger partial charge is 0.488 e. The maximum absolute atomic E-state index is 12.6. The van der Waals surface area contributed by atoms with Crippen LogP contribution in [-0.4, -0.2) is 15.7 Å². The summed E-state index contributed by atoms with van der Waals surface area (Å²) in [5.41, 5.74) is 5.31. The second-order valence-electron chi connectivity index (χ2n) is 6.83. The van der Waals surface area contributed by atoms with Gasteiger partial charge in [-0.3, -0.25) is 9.48 Å². The van der Waals surface area contributed by atoms with Gasteiger partial charge in [0.15, 0.2) is 0 Å². The predicted octanol–water partition coefficient (Wildman–Crippen LogP) is 4.48. The van der Waals surface area contributed by atoms with Gasteiger partial charge in [-0.1, -0.05) is 18.2 Å². The Morgan fingerprint density at radius 3 is 2.63 bits per heavy atom. The van der Waals surface area contributed by atoms with Crippen molar-refractivity contribution in [2.45, 2.75) is 40.3 Å². The minimum atomic E-state index is -0.0948. The Hall–Kier alpha value is -2.60. The summed E-state index contributed by atoms with van der Waals surface area (Å²) in [4.78, 5) is 13.3. The summed E-state index contributed by atoms with van der Waals surface area (Å²) in [7, 11) is 1.90. The van der Waals surface area contributed by atoms with E-state index < -0.39 is 0 Å². The summed E-state index contributed by atoms with van der Waals surface area (Å²) in [6.45, 7) is 8.50. The van der Waals surface area contributed by atoms with Crippen LogP contribution >= 0.6 is 11.3 Å². The molecule has 0 aliphatic carbocycles.